The third-order valence-corrected chi connectivity index (χ3v) is 4.44. The van der Waals surface area contributed by atoms with E-state index in [1.54, 1.807) is 53.4 Å². The number of rotatable bonds is 3. The Morgan fingerprint density at radius 1 is 1.20 bits per heavy atom. The van der Waals surface area contributed by atoms with Crippen molar-refractivity contribution in [1.82, 2.24) is 4.90 Å². The summed E-state index contributed by atoms with van der Waals surface area (Å²) >= 11 is 6.05. The molecule has 1 aliphatic rings. The predicted molar refractivity (Wildman–Crippen MR) is 97.2 cm³/mol. The number of halogens is 1. The first-order chi connectivity index (χ1) is 12.1. The molecule has 2 amide bonds. The van der Waals surface area contributed by atoms with Crippen LogP contribution in [-0.2, 0) is 4.74 Å². The smallest absolute Gasteiger partial charge is 0.257 e. The second kappa shape index (κ2) is 7.68. The van der Waals surface area contributed by atoms with Crippen LogP contribution in [0, 0.1) is 0 Å². The first kappa shape index (κ1) is 17.5. The van der Waals surface area contributed by atoms with Gasteiger partial charge in [0, 0.05) is 17.8 Å². The van der Waals surface area contributed by atoms with Gasteiger partial charge in [-0.05, 0) is 37.3 Å². The summed E-state index contributed by atoms with van der Waals surface area (Å²) < 4.78 is 5.37. The number of anilines is 1. The zero-order valence-electron chi connectivity index (χ0n) is 13.9. The van der Waals surface area contributed by atoms with Crippen LogP contribution in [0.4, 0.5) is 5.69 Å². The Morgan fingerprint density at radius 3 is 2.76 bits per heavy atom. The van der Waals surface area contributed by atoms with E-state index in [4.69, 9.17) is 16.3 Å². The number of morpholine rings is 1. The molecule has 2 aromatic rings. The molecule has 0 radical (unpaired) electrons. The van der Waals surface area contributed by atoms with Gasteiger partial charge in [-0.1, -0.05) is 29.8 Å². The molecule has 25 heavy (non-hydrogen) atoms. The largest absolute Gasteiger partial charge is 0.377 e. The molecule has 1 N–H and O–H groups in total. The standard InChI is InChI=1S/C19H19ClN2O3/c1-13-12-25-10-9-22(13)19(24)14-5-4-6-15(11-14)21-18(23)16-7-2-3-8-17(16)20/h2-8,11,13H,9-10,12H2,1H3,(H,21,23). The fourth-order valence-electron chi connectivity index (χ4n) is 2.77. The van der Waals surface area contributed by atoms with Gasteiger partial charge in [0.2, 0.25) is 0 Å². The SMILES string of the molecule is CC1COCCN1C(=O)c1cccc(NC(=O)c2ccccc2Cl)c1. The van der Waals surface area contributed by atoms with Crippen LogP contribution in [0.1, 0.15) is 27.6 Å². The average Bonchev–Trinajstić information content (AvgIpc) is 2.62. The van der Waals surface area contributed by atoms with E-state index in [-0.39, 0.29) is 17.9 Å². The summed E-state index contributed by atoms with van der Waals surface area (Å²) in [5.41, 5.74) is 1.48. The molecule has 1 fully saturated rings. The van der Waals surface area contributed by atoms with Crippen LogP contribution in [-0.4, -0.2) is 42.5 Å². The van der Waals surface area contributed by atoms with E-state index in [0.717, 1.165) is 0 Å². The van der Waals surface area contributed by atoms with Crippen LogP contribution in [0.25, 0.3) is 0 Å². The van der Waals surface area contributed by atoms with Gasteiger partial charge in [-0.15, -0.1) is 0 Å². The molecule has 1 saturated heterocycles. The van der Waals surface area contributed by atoms with E-state index in [2.05, 4.69) is 5.32 Å². The Hall–Kier alpha value is -2.37. The topological polar surface area (TPSA) is 58.6 Å². The van der Waals surface area contributed by atoms with Gasteiger partial charge in [0.05, 0.1) is 29.8 Å². The van der Waals surface area contributed by atoms with E-state index in [9.17, 15) is 9.59 Å². The molecular formula is C19H19ClN2O3. The third-order valence-electron chi connectivity index (χ3n) is 4.11. The number of ether oxygens (including phenoxy) is 1. The highest BCUT2D eigenvalue weighted by atomic mass is 35.5. The summed E-state index contributed by atoms with van der Waals surface area (Å²) in [6, 6.07) is 13.8. The number of amides is 2. The van der Waals surface area contributed by atoms with Crippen molar-refractivity contribution in [2.24, 2.45) is 0 Å². The Morgan fingerprint density at radius 2 is 2.00 bits per heavy atom. The summed E-state index contributed by atoms with van der Waals surface area (Å²) in [6.45, 7) is 3.60. The van der Waals surface area contributed by atoms with E-state index in [1.807, 2.05) is 6.92 Å². The van der Waals surface area contributed by atoms with Crippen molar-refractivity contribution in [3.63, 3.8) is 0 Å². The summed E-state index contributed by atoms with van der Waals surface area (Å²) in [6.07, 6.45) is 0. The molecule has 1 atom stereocenters. The minimum absolute atomic E-state index is 0.0302. The van der Waals surface area contributed by atoms with E-state index in [0.29, 0.717) is 41.6 Å². The Labute approximate surface area is 151 Å². The number of benzene rings is 2. The van der Waals surface area contributed by atoms with Crippen molar-refractivity contribution in [3.05, 3.63) is 64.7 Å². The number of nitrogens with zero attached hydrogens (tertiary/aromatic N) is 1. The second-order valence-electron chi connectivity index (χ2n) is 5.94. The normalized spacial score (nSPS) is 17.2. The molecule has 130 valence electrons. The minimum atomic E-state index is -0.310. The molecule has 6 heteroatoms. The van der Waals surface area contributed by atoms with Crippen LogP contribution in [0.15, 0.2) is 48.5 Å². The van der Waals surface area contributed by atoms with Crippen molar-refractivity contribution in [2.75, 3.05) is 25.1 Å². The van der Waals surface area contributed by atoms with Gasteiger partial charge >= 0.3 is 0 Å². The molecule has 2 aromatic carbocycles. The molecule has 0 aromatic heterocycles. The molecule has 5 nitrogen and oxygen atoms in total. The van der Waals surface area contributed by atoms with E-state index >= 15 is 0 Å². The lowest BCUT2D eigenvalue weighted by Gasteiger charge is -2.33. The molecule has 0 spiro atoms. The van der Waals surface area contributed by atoms with Crippen LogP contribution in [0.3, 0.4) is 0 Å². The monoisotopic (exact) mass is 358 g/mol. The molecule has 0 bridgehead atoms. The van der Waals surface area contributed by atoms with E-state index in [1.165, 1.54) is 0 Å². The number of carbonyl (C=O) groups excluding carboxylic acids is 2. The van der Waals surface area contributed by atoms with Crippen LogP contribution in [0.5, 0.6) is 0 Å². The second-order valence-corrected chi connectivity index (χ2v) is 6.34. The zero-order valence-corrected chi connectivity index (χ0v) is 14.6. The summed E-state index contributed by atoms with van der Waals surface area (Å²) in [5, 5.41) is 3.17. The summed E-state index contributed by atoms with van der Waals surface area (Å²) in [4.78, 5) is 26.9. The lowest BCUT2D eigenvalue weighted by atomic mass is 10.1. The maximum absolute atomic E-state index is 12.7. The number of hydrogen-bond donors (Lipinski definition) is 1. The van der Waals surface area contributed by atoms with Crippen molar-refractivity contribution < 1.29 is 14.3 Å². The van der Waals surface area contributed by atoms with Crippen molar-refractivity contribution in [3.8, 4) is 0 Å². The fraction of sp³-hybridized carbons (Fsp3) is 0.263. The van der Waals surface area contributed by atoms with Crippen molar-refractivity contribution in [1.29, 1.82) is 0 Å². The fourth-order valence-corrected chi connectivity index (χ4v) is 2.99. The first-order valence-electron chi connectivity index (χ1n) is 8.11. The van der Waals surface area contributed by atoms with Crippen molar-refractivity contribution >= 4 is 29.1 Å². The van der Waals surface area contributed by atoms with E-state index < -0.39 is 0 Å². The van der Waals surface area contributed by atoms with Crippen LogP contribution in [0.2, 0.25) is 5.02 Å². The van der Waals surface area contributed by atoms with Gasteiger partial charge in [-0.25, -0.2) is 0 Å². The van der Waals surface area contributed by atoms with Gasteiger partial charge in [0.1, 0.15) is 0 Å². The lowest BCUT2D eigenvalue weighted by molar-refractivity contribution is 0.00359. The zero-order chi connectivity index (χ0) is 17.8. The maximum atomic E-state index is 12.7. The molecule has 1 unspecified atom stereocenters. The first-order valence-corrected chi connectivity index (χ1v) is 8.48. The van der Waals surface area contributed by atoms with Crippen LogP contribution < -0.4 is 5.32 Å². The highest BCUT2D eigenvalue weighted by molar-refractivity contribution is 6.34. The molecule has 3 rings (SSSR count). The van der Waals surface area contributed by atoms with Gasteiger partial charge in [0.15, 0.2) is 0 Å². The maximum Gasteiger partial charge on any atom is 0.257 e. The molecule has 0 saturated carbocycles. The average molecular weight is 359 g/mol. The molecule has 1 aliphatic heterocycles. The molecule has 1 heterocycles. The Balaban J connectivity index is 1.76. The third kappa shape index (κ3) is 4.00. The number of carbonyl (C=O) groups is 2. The minimum Gasteiger partial charge on any atom is -0.377 e. The lowest BCUT2D eigenvalue weighted by Crippen LogP contribution is -2.47. The van der Waals surface area contributed by atoms with Crippen LogP contribution >= 0.6 is 11.6 Å². The van der Waals surface area contributed by atoms with Gasteiger partial charge in [-0.3, -0.25) is 9.59 Å². The highest BCUT2D eigenvalue weighted by Crippen LogP contribution is 2.19. The Kier molecular flexibility index (Phi) is 5.36. The number of hydrogen-bond acceptors (Lipinski definition) is 3. The van der Waals surface area contributed by atoms with Gasteiger partial charge in [0.25, 0.3) is 11.8 Å². The molecule has 0 aliphatic carbocycles. The van der Waals surface area contributed by atoms with Gasteiger partial charge in [-0.2, -0.15) is 0 Å². The quantitative estimate of drug-likeness (QED) is 0.914. The molecular weight excluding hydrogens is 340 g/mol. The Bertz CT molecular complexity index is 794. The summed E-state index contributed by atoms with van der Waals surface area (Å²) in [7, 11) is 0. The summed E-state index contributed by atoms with van der Waals surface area (Å²) in [5.74, 6) is -0.375. The van der Waals surface area contributed by atoms with Gasteiger partial charge < -0.3 is 15.0 Å². The van der Waals surface area contributed by atoms with Crippen molar-refractivity contribution in [2.45, 2.75) is 13.0 Å². The predicted octanol–water partition coefficient (Wildman–Crippen LogP) is 3.45. The number of nitrogens with one attached hydrogen (secondary N) is 1. The highest BCUT2D eigenvalue weighted by Gasteiger charge is 2.25.